The molecule has 72 valence electrons. The van der Waals surface area contributed by atoms with Gasteiger partial charge in [0.2, 0.25) is 0 Å². The summed E-state index contributed by atoms with van der Waals surface area (Å²) >= 11 is 2.30. The summed E-state index contributed by atoms with van der Waals surface area (Å²) in [6, 6.07) is 10.2. The number of halogens is 1. The van der Waals surface area contributed by atoms with Crippen LogP contribution in [-0.4, -0.2) is 0 Å². The summed E-state index contributed by atoms with van der Waals surface area (Å²) in [5, 5.41) is 3.32. The molecule has 0 amide bonds. The van der Waals surface area contributed by atoms with Gasteiger partial charge in [-0.05, 0) is 46.9 Å². The summed E-state index contributed by atoms with van der Waals surface area (Å²) in [7, 11) is 0. The second kappa shape index (κ2) is 4.50. The van der Waals surface area contributed by atoms with E-state index in [1.165, 1.54) is 3.57 Å². The Hall–Kier alpha value is -0.970. The Morgan fingerprint density at radius 2 is 2.21 bits per heavy atom. The Bertz CT molecular complexity index is 397. The van der Waals surface area contributed by atoms with E-state index in [2.05, 4.69) is 46.1 Å². The smallest absolute Gasteiger partial charge is 0.0952 e. The predicted molar refractivity (Wildman–Crippen MR) is 65.2 cm³/mol. The Labute approximate surface area is 96.5 Å². The summed E-state index contributed by atoms with van der Waals surface area (Å²) in [4.78, 5) is 0. The van der Waals surface area contributed by atoms with E-state index in [4.69, 9.17) is 4.42 Å². The maximum Gasteiger partial charge on any atom is 0.0952 e. The molecule has 2 aromatic rings. The van der Waals surface area contributed by atoms with Crippen molar-refractivity contribution in [2.24, 2.45) is 0 Å². The first kappa shape index (κ1) is 9.58. The van der Waals surface area contributed by atoms with Crippen LogP contribution >= 0.6 is 22.6 Å². The van der Waals surface area contributed by atoms with Crippen LogP contribution < -0.4 is 5.32 Å². The molecule has 0 spiro atoms. The molecule has 1 heterocycles. The van der Waals surface area contributed by atoms with Gasteiger partial charge in [0, 0.05) is 21.4 Å². The molecule has 0 aliphatic heterocycles. The third-order valence-corrected chi connectivity index (χ3v) is 2.57. The molecule has 0 atom stereocenters. The van der Waals surface area contributed by atoms with Crippen LogP contribution in [0.5, 0.6) is 0 Å². The summed E-state index contributed by atoms with van der Waals surface area (Å²) in [6.07, 6.45) is 3.44. The molecule has 0 unspecified atom stereocenters. The Balaban J connectivity index is 1.98. The van der Waals surface area contributed by atoms with Crippen LogP contribution in [0.15, 0.2) is 47.3 Å². The van der Waals surface area contributed by atoms with Gasteiger partial charge < -0.3 is 9.73 Å². The molecular weight excluding hydrogens is 289 g/mol. The quantitative estimate of drug-likeness (QED) is 0.878. The van der Waals surface area contributed by atoms with Crippen molar-refractivity contribution in [2.45, 2.75) is 6.54 Å². The largest absolute Gasteiger partial charge is 0.472 e. The van der Waals surface area contributed by atoms with Crippen LogP contribution in [0.1, 0.15) is 5.56 Å². The Morgan fingerprint density at radius 3 is 2.93 bits per heavy atom. The summed E-state index contributed by atoms with van der Waals surface area (Å²) in [5.74, 6) is 0. The first-order valence-electron chi connectivity index (χ1n) is 4.35. The topological polar surface area (TPSA) is 25.2 Å². The van der Waals surface area contributed by atoms with E-state index >= 15 is 0 Å². The highest BCUT2D eigenvalue weighted by atomic mass is 127. The zero-order valence-electron chi connectivity index (χ0n) is 7.53. The molecule has 14 heavy (non-hydrogen) atoms. The zero-order valence-corrected chi connectivity index (χ0v) is 9.69. The molecule has 0 saturated heterocycles. The van der Waals surface area contributed by atoms with Crippen molar-refractivity contribution in [1.82, 2.24) is 0 Å². The van der Waals surface area contributed by atoms with Crippen LogP contribution in [0.4, 0.5) is 5.69 Å². The lowest BCUT2D eigenvalue weighted by Gasteiger charge is -2.04. The molecule has 0 aliphatic carbocycles. The zero-order chi connectivity index (χ0) is 9.80. The maximum absolute atomic E-state index is 4.99. The van der Waals surface area contributed by atoms with Gasteiger partial charge in [0.25, 0.3) is 0 Å². The van der Waals surface area contributed by atoms with E-state index < -0.39 is 0 Å². The molecule has 1 aromatic heterocycles. The van der Waals surface area contributed by atoms with Gasteiger partial charge >= 0.3 is 0 Å². The average molecular weight is 299 g/mol. The normalized spacial score (nSPS) is 10.1. The second-order valence-corrected chi connectivity index (χ2v) is 4.24. The van der Waals surface area contributed by atoms with Gasteiger partial charge in [0.15, 0.2) is 0 Å². The van der Waals surface area contributed by atoms with Crippen LogP contribution in [-0.2, 0) is 6.54 Å². The first-order valence-corrected chi connectivity index (χ1v) is 5.43. The summed E-state index contributed by atoms with van der Waals surface area (Å²) in [6.45, 7) is 0.802. The van der Waals surface area contributed by atoms with Gasteiger partial charge in [-0.25, -0.2) is 0 Å². The lowest BCUT2D eigenvalue weighted by Crippen LogP contribution is -1.97. The highest BCUT2D eigenvalue weighted by Gasteiger charge is 1.95. The van der Waals surface area contributed by atoms with E-state index in [0.29, 0.717) is 0 Å². The van der Waals surface area contributed by atoms with Crippen LogP contribution in [0.25, 0.3) is 0 Å². The monoisotopic (exact) mass is 299 g/mol. The maximum atomic E-state index is 4.99. The molecule has 1 N–H and O–H groups in total. The Morgan fingerprint density at radius 1 is 1.29 bits per heavy atom. The highest BCUT2D eigenvalue weighted by molar-refractivity contribution is 14.1. The summed E-state index contributed by atoms with van der Waals surface area (Å²) < 4.78 is 6.22. The number of anilines is 1. The van der Waals surface area contributed by atoms with E-state index in [9.17, 15) is 0 Å². The van der Waals surface area contributed by atoms with Crippen molar-refractivity contribution < 1.29 is 4.42 Å². The van der Waals surface area contributed by atoms with E-state index in [1.54, 1.807) is 12.5 Å². The predicted octanol–water partition coefficient (Wildman–Crippen LogP) is 3.50. The molecule has 0 bridgehead atoms. The third kappa shape index (κ3) is 2.51. The molecule has 0 radical (unpaired) electrons. The lowest BCUT2D eigenvalue weighted by atomic mass is 10.3. The fourth-order valence-corrected chi connectivity index (χ4v) is 1.74. The fourth-order valence-electron chi connectivity index (χ4n) is 1.20. The van der Waals surface area contributed by atoms with Crippen molar-refractivity contribution in [3.05, 3.63) is 52.0 Å². The molecule has 3 heteroatoms. The van der Waals surface area contributed by atoms with Crippen molar-refractivity contribution >= 4 is 28.3 Å². The van der Waals surface area contributed by atoms with Crippen LogP contribution in [0.3, 0.4) is 0 Å². The van der Waals surface area contributed by atoms with E-state index in [1.807, 2.05) is 12.1 Å². The molecule has 2 nitrogen and oxygen atoms in total. The number of rotatable bonds is 3. The van der Waals surface area contributed by atoms with Gasteiger partial charge in [-0.1, -0.05) is 6.07 Å². The highest BCUT2D eigenvalue weighted by Crippen LogP contribution is 2.13. The Kier molecular flexibility index (Phi) is 3.08. The fraction of sp³-hybridized carbons (Fsp3) is 0.0909. The molecule has 1 aromatic carbocycles. The van der Waals surface area contributed by atoms with E-state index in [0.717, 1.165) is 17.8 Å². The third-order valence-electron chi connectivity index (χ3n) is 1.90. The second-order valence-electron chi connectivity index (χ2n) is 3.00. The van der Waals surface area contributed by atoms with Gasteiger partial charge in [-0.15, -0.1) is 0 Å². The van der Waals surface area contributed by atoms with Gasteiger partial charge in [-0.2, -0.15) is 0 Å². The number of furan rings is 1. The molecule has 2 rings (SSSR count). The minimum absolute atomic E-state index is 0.802. The standard InChI is InChI=1S/C11H10INO/c12-10-2-1-3-11(6-10)13-7-9-4-5-14-8-9/h1-6,8,13H,7H2. The van der Waals surface area contributed by atoms with Gasteiger partial charge in [0.05, 0.1) is 12.5 Å². The van der Waals surface area contributed by atoms with Crippen molar-refractivity contribution in [2.75, 3.05) is 5.32 Å². The lowest BCUT2D eigenvalue weighted by molar-refractivity contribution is 0.564. The minimum atomic E-state index is 0.802. The summed E-state index contributed by atoms with van der Waals surface area (Å²) in [5.41, 5.74) is 2.29. The number of hydrogen-bond acceptors (Lipinski definition) is 2. The van der Waals surface area contributed by atoms with Crippen LogP contribution in [0, 0.1) is 3.57 Å². The molecule has 0 saturated carbocycles. The molecular formula is C11H10INO. The number of hydrogen-bond donors (Lipinski definition) is 1. The SMILES string of the molecule is Ic1cccc(NCc2ccoc2)c1. The average Bonchev–Trinajstić information content (AvgIpc) is 2.67. The van der Waals surface area contributed by atoms with Crippen molar-refractivity contribution in [3.63, 3.8) is 0 Å². The van der Waals surface area contributed by atoms with Crippen molar-refractivity contribution in [3.8, 4) is 0 Å². The number of nitrogens with one attached hydrogen (secondary N) is 1. The first-order chi connectivity index (χ1) is 6.84. The molecule has 0 aliphatic rings. The minimum Gasteiger partial charge on any atom is -0.472 e. The van der Waals surface area contributed by atoms with Gasteiger partial charge in [-0.3, -0.25) is 0 Å². The van der Waals surface area contributed by atoms with Crippen molar-refractivity contribution in [1.29, 1.82) is 0 Å². The molecule has 0 fully saturated rings. The van der Waals surface area contributed by atoms with Crippen LogP contribution in [0.2, 0.25) is 0 Å². The van der Waals surface area contributed by atoms with E-state index in [-0.39, 0.29) is 0 Å². The number of benzene rings is 1. The van der Waals surface area contributed by atoms with Gasteiger partial charge in [0.1, 0.15) is 0 Å².